The molecule has 0 amide bonds. The summed E-state index contributed by atoms with van der Waals surface area (Å²) in [6.07, 6.45) is 12.4. The van der Waals surface area contributed by atoms with E-state index < -0.39 is 0 Å². The Kier molecular flexibility index (Phi) is 8.34. The van der Waals surface area contributed by atoms with Crippen LogP contribution in [0, 0.1) is 0 Å². The largest absolute Gasteiger partial charge is 1.00 e. The van der Waals surface area contributed by atoms with Crippen LogP contribution in [0.1, 0.15) is 11.1 Å². The van der Waals surface area contributed by atoms with Crippen molar-refractivity contribution < 1.29 is 57.1 Å². The van der Waals surface area contributed by atoms with E-state index in [9.17, 15) is 0 Å². The zero-order valence-electron chi connectivity index (χ0n) is 10.4. The quantitative estimate of drug-likeness (QED) is 0.312. The van der Waals surface area contributed by atoms with Gasteiger partial charge in [-0.3, -0.25) is 0 Å². The van der Waals surface area contributed by atoms with Crippen molar-refractivity contribution >= 4 is 12.2 Å². The van der Waals surface area contributed by atoms with Crippen LogP contribution >= 0.6 is 0 Å². The molecule has 2 rings (SSSR count). The molecule has 2 heterocycles. The van der Waals surface area contributed by atoms with Crippen molar-refractivity contribution in [2.75, 3.05) is 0 Å². The van der Waals surface area contributed by atoms with Crippen LogP contribution in [-0.4, -0.2) is 0 Å². The highest BCUT2D eigenvalue weighted by atomic mass is 127. The topological polar surface area (TPSA) is 7.76 Å². The van der Waals surface area contributed by atoms with E-state index in [4.69, 9.17) is 0 Å². The lowest BCUT2D eigenvalue weighted by Crippen LogP contribution is -3.00. The molecule has 0 radical (unpaired) electrons. The first-order chi connectivity index (χ1) is 7.74. The molecule has 0 saturated heterocycles. The third kappa shape index (κ3) is 5.43. The van der Waals surface area contributed by atoms with Crippen LogP contribution in [0.5, 0.6) is 0 Å². The predicted molar refractivity (Wildman–Crippen MR) is 64.2 cm³/mol. The molecule has 0 spiro atoms. The average Bonchev–Trinajstić information content (AvgIpc) is 2.30. The SMILES string of the molecule is C[n+]1ccc(C=Cc2cc[n+](C)cc2)cc1.[I-].[I-]. The lowest BCUT2D eigenvalue weighted by atomic mass is 10.2. The second kappa shape index (κ2) is 8.58. The molecule has 0 aliphatic rings. The van der Waals surface area contributed by atoms with Gasteiger partial charge in [0.1, 0.15) is 14.1 Å². The second-order valence-corrected chi connectivity index (χ2v) is 3.93. The summed E-state index contributed by atoms with van der Waals surface area (Å²) in [7, 11) is 4.04. The van der Waals surface area contributed by atoms with Gasteiger partial charge >= 0.3 is 0 Å². The van der Waals surface area contributed by atoms with Gasteiger partial charge in [-0.05, 0) is 11.1 Å². The van der Waals surface area contributed by atoms with Crippen molar-refractivity contribution in [2.24, 2.45) is 14.1 Å². The zero-order valence-corrected chi connectivity index (χ0v) is 14.7. The number of pyridine rings is 2. The van der Waals surface area contributed by atoms with Crippen LogP contribution < -0.4 is 57.1 Å². The molecular weight excluding hydrogens is 450 g/mol. The average molecular weight is 466 g/mol. The summed E-state index contributed by atoms with van der Waals surface area (Å²) in [6, 6.07) is 8.39. The summed E-state index contributed by atoms with van der Waals surface area (Å²) in [6.45, 7) is 0. The van der Waals surface area contributed by atoms with E-state index in [-0.39, 0.29) is 48.0 Å². The van der Waals surface area contributed by atoms with Crippen LogP contribution in [0.4, 0.5) is 0 Å². The fourth-order valence-electron chi connectivity index (χ4n) is 1.44. The van der Waals surface area contributed by atoms with Gasteiger partial charge in [-0.25, -0.2) is 9.13 Å². The molecule has 96 valence electrons. The van der Waals surface area contributed by atoms with Gasteiger partial charge in [0.15, 0.2) is 24.8 Å². The van der Waals surface area contributed by atoms with Gasteiger partial charge in [-0.1, -0.05) is 12.2 Å². The van der Waals surface area contributed by atoms with Crippen LogP contribution in [-0.2, 0) is 14.1 Å². The minimum absolute atomic E-state index is 0. The van der Waals surface area contributed by atoms with Crippen molar-refractivity contribution in [2.45, 2.75) is 0 Å². The fourth-order valence-corrected chi connectivity index (χ4v) is 1.44. The molecule has 2 aromatic heterocycles. The van der Waals surface area contributed by atoms with E-state index in [2.05, 4.69) is 36.4 Å². The zero-order chi connectivity index (χ0) is 11.4. The first-order valence-electron chi connectivity index (χ1n) is 5.33. The summed E-state index contributed by atoms with van der Waals surface area (Å²) in [5, 5.41) is 0. The Labute approximate surface area is 142 Å². The van der Waals surface area contributed by atoms with Crippen molar-refractivity contribution in [3.05, 3.63) is 60.2 Å². The number of aromatic nitrogens is 2. The first kappa shape index (κ1) is 17.5. The first-order valence-corrected chi connectivity index (χ1v) is 5.33. The number of aryl methyl sites for hydroxylation is 2. The highest BCUT2D eigenvalue weighted by molar-refractivity contribution is 5.68. The molecule has 0 aliphatic heterocycles. The third-order valence-electron chi connectivity index (χ3n) is 2.48. The Morgan fingerprint density at radius 3 is 1.22 bits per heavy atom. The van der Waals surface area contributed by atoms with Gasteiger partial charge in [0.25, 0.3) is 0 Å². The Morgan fingerprint density at radius 1 is 0.667 bits per heavy atom. The summed E-state index contributed by atoms with van der Waals surface area (Å²) in [5.74, 6) is 0. The lowest BCUT2D eigenvalue weighted by Gasteiger charge is -1.92. The molecule has 18 heavy (non-hydrogen) atoms. The molecule has 2 nitrogen and oxygen atoms in total. The lowest BCUT2D eigenvalue weighted by molar-refractivity contribution is -0.671. The molecule has 0 N–H and O–H groups in total. The molecule has 0 saturated carbocycles. The summed E-state index contributed by atoms with van der Waals surface area (Å²) in [4.78, 5) is 0. The highest BCUT2D eigenvalue weighted by Gasteiger charge is 1.93. The molecular formula is C14H16I2N2. The van der Waals surface area contributed by atoms with Gasteiger partial charge in [0.05, 0.1) is 0 Å². The van der Waals surface area contributed by atoms with Crippen LogP contribution in [0.25, 0.3) is 12.2 Å². The van der Waals surface area contributed by atoms with E-state index in [1.54, 1.807) is 0 Å². The fraction of sp³-hybridized carbons (Fsp3) is 0.143. The van der Waals surface area contributed by atoms with Crippen LogP contribution in [0.3, 0.4) is 0 Å². The summed E-state index contributed by atoms with van der Waals surface area (Å²) in [5.41, 5.74) is 2.43. The number of hydrogen-bond acceptors (Lipinski definition) is 0. The number of hydrogen-bond donors (Lipinski definition) is 0. The van der Waals surface area contributed by atoms with Crippen LogP contribution in [0.2, 0.25) is 0 Å². The maximum Gasteiger partial charge on any atom is 0.169 e. The highest BCUT2D eigenvalue weighted by Crippen LogP contribution is 2.04. The predicted octanol–water partition coefficient (Wildman–Crippen LogP) is -4.49. The van der Waals surface area contributed by atoms with E-state index in [1.807, 2.05) is 48.0 Å². The Hall–Kier alpha value is -0.500. The van der Waals surface area contributed by atoms with Crippen molar-refractivity contribution in [1.82, 2.24) is 0 Å². The molecule has 2 aromatic rings. The van der Waals surface area contributed by atoms with Crippen LogP contribution in [0.15, 0.2) is 49.1 Å². The molecule has 0 unspecified atom stereocenters. The minimum Gasteiger partial charge on any atom is -1.00 e. The van der Waals surface area contributed by atoms with Gasteiger partial charge < -0.3 is 48.0 Å². The Morgan fingerprint density at radius 2 is 0.944 bits per heavy atom. The summed E-state index contributed by atoms with van der Waals surface area (Å²) >= 11 is 0. The number of nitrogens with zero attached hydrogens (tertiary/aromatic N) is 2. The van der Waals surface area contributed by atoms with Gasteiger partial charge in [-0.2, -0.15) is 0 Å². The molecule has 0 aromatic carbocycles. The van der Waals surface area contributed by atoms with Gasteiger partial charge in [-0.15, -0.1) is 0 Å². The van der Waals surface area contributed by atoms with Gasteiger partial charge in [0.2, 0.25) is 0 Å². The van der Waals surface area contributed by atoms with Gasteiger partial charge in [0, 0.05) is 24.3 Å². The molecule has 0 fully saturated rings. The Bertz CT molecular complexity index is 443. The van der Waals surface area contributed by atoms with E-state index in [0.29, 0.717) is 0 Å². The minimum atomic E-state index is 0. The molecule has 0 aliphatic carbocycles. The smallest absolute Gasteiger partial charge is 0.169 e. The molecule has 4 heteroatoms. The normalized spacial score (nSPS) is 9.67. The van der Waals surface area contributed by atoms with Crippen molar-refractivity contribution in [1.29, 1.82) is 0 Å². The standard InChI is InChI=1S/C14H16N2.2HI/c1-15-9-5-13(6-10-15)3-4-14-7-11-16(2)12-8-14;;/h3-12H,1-2H3;2*1H/q+2;;/p-2. The maximum atomic E-state index is 2.12. The molecule has 0 bridgehead atoms. The third-order valence-corrected chi connectivity index (χ3v) is 2.48. The monoisotopic (exact) mass is 466 g/mol. The summed E-state index contributed by atoms with van der Waals surface area (Å²) < 4.78 is 4.06. The van der Waals surface area contributed by atoms with E-state index in [0.717, 1.165) is 0 Å². The van der Waals surface area contributed by atoms with E-state index >= 15 is 0 Å². The second-order valence-electron chi connectivity index (χ2n) is 3.93. The maximum absolute atomic E-state index is 2.12. The number of rotatable bonds is 2. The molecule has 0 atom stereocenters. The van der Waals surface area contributed by atoms with Crippen molar-refractivity contribution in [3.8, 4) is 0 Å². The van der Waals surface area contributed by atoms with Crippen molar-refractivity contribution in [3.63, 3.8) is 0 Å². The number of halogens is 2. The van der Waals surface area contributed by atoms with E-state index in [1.165, 1.54) is 11.1 Å². The Balaban J connectivity index is 0.00000144.